The Balaban J connectivity index is 0.000000879. The second kappa shape index (κ2) is 19.4. The first kappa shape index (κ1) is 42.8. The van der Waals surface area contributed by atoms with E-state index in [4.69, 9.17) is 8.60 Å². The first-order valence-corrected chi connectivity index (χ1v) is 17.3. The van der Waals surface area contributed by atoms with Crippen LogP contribution in [0.4, 0.5) is 18.9 Å². The standard InChI is InChI=1S/C32H33F3N8O3.C6H10OS/c1-20(31-38-19-25(46-31)14-16-43(3,4)5)40-29(44)27(30(45)41-23-8-6-7-22(17-23)32(33,34)35)28(37-2)26-13-15-39-42(26)24-11-9-21(18-36)10-12-24;1-4-5-6(2)8-7-3/h6-13,15,17,19-20H,14,16H2,1-5H3,(H2-,37,40,41,44,45);4-5H,1H2,2-3H3/p+1/b;6-5+/t20-;/m0./s1. The van der Waals surface area contributed by atoms with Crippen LogP contribution in [0.25, 0.3) is 11.4 Å². The number of hydrogen-bond donors (Lipinski definition) is 3. The Morgan fingerprint density at radius 1 is 1.15 bits per heavy atom. The molecule has 2 aromatic heterocycles. The molecule has 2 aromatic carbocycles. The molecule has 4 aromatic rings. The van der Waals surface area contributed by atoms with Crippen LogP contribution in [0.5, 0.6) is 0 Å². The fourth-order valence-corrected chi connectivity index (χ4v) is 5.21. The van der Waals surface area contributed by atoms with Crippen molar-refractivity contribution in [2.24, 2.45) is 0 Å². The summed E-state index contributed by atoms with van der Waals surface area (Å²) < 4.78 is 53.0. The number of carbonyl (C=O) groups excluding carboxylic acids is 2. The molecule has 2 amide bonds. The summed E-state index contributed by atoms with van der Waals surface area (Å²) in [6.07, 6.45) is 2.65. The summed E-state index contributed by atoms with van der Waals surface area (Å²) >= 11 is 1.35. The number of halogens is 3. The normalized spacial score (nSPS) is 12.7. The van der Waals surface area contributed by atoms with Crippen molar-refractivity contribution in [1.82, 2.24) is 25.4 Å². The third-order valence-electron chi connectivity index (χ3n) is 7.43. The van der Waals surface area contributed by atoms with E-state index in [1.54, 1.807) is 56.6 Å². The molecule has 0 fully saturated rings. The molecular formula is C38H44F3N8O4S+. The number of rotatable bonds is 14. The fourth-order valence-electron chi connectivity index (χ4n) is 4.79. The van der Waals surface area contributed by atoms with E-state index < -0.39 is 35.2 Å². The number of oxazole rings is 1. The lowest BCUT2D eigenvalue weighted by molar-refractivity contribution is -0.870. The lowest BCUT2D eigenvalue weighted by Gasteiger charge is -2.22. The number of allylic oxidation sites excluding steroid dienone is 3. The van der Waals surface area contributed by atoms with E-state index in [0.29, 0.717) is 33.6 Å². The van der Waals surface area contributed by atoms with Crippen LogP contribution in [0.15, 0.2) is 101 Å². The number of nitrogens with zero attached hydrogens (tertiary/aromatic N) is 5. The van der Waals surface area contributed by atoms with E-state index >= 15 is 0 Å². The van der Waals surface area contributed by atoms with Gasteiger partial charge in [0.2, 0.25) is 5.89 Å². The lowest BCUT2D eigenvalue weighted by atomic mass is 10.1. The Bertz CT molecular complexity index is 2010. The first-order chi connectivity index (χ1) is 25.5. The maximum absolute atomic E-state index is 13.9. The van der Waals surface area contributed by atoms with Gasteiger partial charge >= 0.3 is 6.18 Å². The van der Waals surface area contributed by atoms with Crippen molar-refractivity contribution in [1.29, 1.82) is 5.26 Å². The maximum Gasteiger partial charge on any atom is 0.416 e. The zero-order chi connectivity index (χ0) is 40.1. The van der Waals surface area contributed by atoms with Gasteiger partial charge in [0.25, 0.3) is 11.8 Å². The smallest absolute Gasteiger partial charge is 0.416 e. The first-order valence-electron chi connectivity index (χ1n) is 16.5. The molecule has 16 heteroatoms. The second-order valence-corrected chi connectivity index (χ2v) is 13.9. The molecule has 2 heterocycles. The molecule has 0 aliphatic rings. The Morgan fingerprint density at radius 2 is 1.85 bits per heavy atom. The molecular weight excluding hydrogens is 722 g/mol. The van der Waals surface area contributed by atoms with Crippen molar-refractivity contribution >= 4 is 35.2 Å². The van der Waals surface area contributed by atoms with Crippen LogP contribution in [0.3, 0.4) is 0 Å². The molecule has 286 valence electrons. The maximum atomic E-state index is 13.9. The summed E-state index contributed by atoms with van der Waals surface area (Å²) in [7, 11) is 9.28. The summed E-state index contributed by atoms with van der Waals surface area (Å²) in [6, 6.07) is 13.4. The molecule has 54 heavy (non-hydrogen) atoms. The minimum atomic E-state index is -4.64. The van der Waals surface area contributed by atoms with E-state index in [1.165, 1.54) is 36.0 Å². The number of amides is 2. The Morgan fingerprint density at radius 3 is 2.44 bits per heavy atom. The molecule has 3 N–H and O–H groups in total. The zero-order valence-electron chi connectivity index (χ0n) is 31.1. The van der Waals surface area contributed by atoms with Gasteiger partial charge in [-0.3, -0.25) is 9.59 Å². The predicted molar refractivity (Wildman–Crippen MR) is 203 cm³/mol. The quantitative estimate of drug-likeness (QED) is 0.0315. The molecule has 12 nitrogen and oxygen atoms in total. The van der Waals surface area contributed by atoms with Crippen LogP contribution in [-0.4, -0.2) is 72.9 Å². The van der Waals surface area contributed by atoms with Gasteiger partial charge < -0.3 is 29.0 Å². The molecule has 1 atom stereocenters. The van der Waals surface area contributed by atoms with E-state index in [1.807, 2.05) is 40.2 Å². The average Bonchev–Trinajstić information content (AvgIpc) is 3.80. The van der Waals surface area contributed by atoms with Crippen molar-refractivity contribution in [2.45, 2.75) is 32.5 Å². The third kappa shape index (κ3) is 12.5. The number of benzene rings is 2. The van der Waals surface area contributed by atoms with Gasteiger partial charge in [-0.25, -0.2) is 9.67 Å². The van der Waals surface area contributed by atoms with Gasteiger partial charge in [-0.2, -0.15) is 23.5 Å². The van der Waals surface area contributed by atoms with Crippen molar-refractivity contribution in [3.8, 4) is 11.8 Å². The van der Waals surface area contributed by atoms with Gasteiger partial charge in [0.1, 0.15) is 17.4 Å². The monoisotopic (exact) mass is 765 g/mol. The van der Waals surface area contributed by atoms with Gasteiger partial charge in [0.15, 0.2) is 0 Å². The van der Waals surface area contributed by atoms with Crippen LogP contribution in [0.1, 0.15) is 48.4 Å². The number of anilines is 1. The average molecular weight is 766 g/mol. The molecule has 0 saturated heterocycles. The van der Waals surface area contributed by atoms with Gasteiger partial charge in [0.05, 0.1) is 87.9 Å². The SMILES string of the molecule is C=C/C=C(\C)SOC.CN/C(=C(\C(=O)Nc1cccc(C(F)(F)F)c1)C(=O)N[C@@H](C)c1ncc(CC[N+](C)(C)C)o1)c1ccnn1-c1ccc(C#N)cc1. The number of alkyl halides is 3. The van der Waals surface area contributed by atoms with Crippen LogP contribution in [-0.2, 0) is 26.4 Å². The molecule has 0 bridgehead atoms. The molecule has 0 saturated carbocycles. The molecule has 0 radical (unpaired) electrons. The summed E-state index contributed by atoms with van der Waals surface area (Å²) in [5, 5.41) is 21.6. The molecule has 4 rings (SSSR count). The molecule has 0 aliphatic carbocycles. The number of carbonyl (C=O) groups is 2. The van der Waals surface area contributed by atoms with Crippen LogP contribution in [0.2, 0.25) is 0 Å². The zero-order valence-corrected chi connectivity index (χ0v) is 31.9. The van der Waals surface area contributed by atoms with Crippen molar-refractivity contribution < 1.29 is 35.8 Å². The van der Waals surface area contributed by atoms with E-state index in [9.17, 15) is 28.0 Å². The second-order valence-electron chi connectivity index (χ2n) is 12.7. The topological polar surface area (TPSA) is 147 Å². The molecule has 0 aliphatic heterocycles. The lowest BCUT2D eigenvalue weighted by Crippen LogP contribution is -2.36. The summed E-state index contributed by atoms with van der Waals surface area (Å²) in [6.45, 7) is 7.93. The number of nitriles is 1. The minimum absolute atomic E-state index is 0.0343. The number of hydrogen-bond acceptors (Lipinski definition) is 9. The number of aromatic nitrogens is 3. The molecule has 0 unspecified atom stereocenters. The summed E-state index contributed by atoms with van der Waals surface area (Å²) in [4.78, 5) is 33.1. The predicted octanol–water partition coefficient (Wildman–Crippen LogP) is 6.82. The van der Waals surface area contributed by atoms with Crippen LogP contribution < -0.4 is 16.0 Å². The summed E-state index contributed by atoms with van der Waals surface area (Å²) in [5.74, 6) is -0.975. The van der Waals surface area contributed by atoms with Gasteiger partial charge in [-0.05, 0) is 62.4 Å². The molecule has 0 spiro atoms. The third-order valence-corrected chi connectivity index (χ3v) is 7.99. The van der Waals surface area contributed by atoms with Gasteiger partial charge in [-0.15, -0.1) is 0 Å². The van der Waals surface area contributed by atoms with Gasteiger partial charge in [-0.1, -0.05) is 24.8 Å². The van der Waals surface area contributed by atoms with Crippen molar-refractivity contribution in [2.75, 3.05) is 47.2 Å². The van der Waals surface area contributed by atoms with E-state index in [0.717, 1.165) is 29.6 Å². The highest BCUT2D eigenvalue weighted by Gasteiger charge is 2.32. The Hall–Kier alpha value is -5.63. The van der Waals surface area contributed by atoms with E-state index in [2.05, 4.69) is 32.6 Å². The van der Waals surface area contributed by atoms with E-state index in [-0.39, 0.29) is 17.3 Å². The fraction of sp³-hybridized carbons (Fsp3) is 0.289. The highest BCUT2D eigenvalue weighted by molar-refractivity contribution is 7.98. The van der Waals surface area contributed by atoms with Crippen molar-refractivity contribution in [3.63, 3.8) is 0 Å². The Labute approximate surface area is 317 Å². The van der Waals surface area contributed by atoms with Crippen LogP contribution in [0, 0.1) is 11.3 Å². The highest BCUT2D eigenvalue weighted by Crippen LogP contribution is 2.31. The number of likely N-dealkylation sites (N-methyl/N-ethyl adjacent to an activating group) is 1. The Kier molecular flexibility index (Phi) is 15.4. The largest absolute Gasteiger partial charge is 0.443 e. The number of nitrogens with one attached hydrogen (secondary N) is 3. The number of quaternary nitrogens is 1. The minimum Gasteiger partial charge on any atom is -0.443 e. The highest BCUT2D eigenvalue weighted by atomic mass is 32.2. The van der Waals surface area contributed by atoms with Crippen LogP contribution >= 0.6 is 12.0 Å². The summed E-state index contributed by atoms with van der Waals surface area (Å²) in [5.41, 5.74) is -0.285. The van der Waals surface area contributed by atoms with Crippen molar-refractivity contribution in [3.05, 3.63) is 125 Å². The van der Waals surface area contributed by atoms with Gasteiger partial charge in [0, 0.05) is 29.7 Å².